The van der Waals surface area contributed by atoms with Crippen molar-refractivity contribution in [3.8, 4) is 28.5 Å². The molecule has 6 nitrogen and oxygen atoms in total. The molecule has 1 heterocycles. The van der Waals surface area contributed by atoms with Crippen LogP contribution in [0.4, 0.5) is 5.69 Å². The van der Waals surface area contributed by atoms with Gasteiger partial charge >= 0.3 is 0 Å². The molecule has 4 rings (SSSR count). The number of nitrogens with one attached hydrogen (secondary N) is 1. The van der Waals surface area contributed by atoms with E-state index in [1.54, 1.807) is 12.1 Å². The van der Waals surface area contributed by atoms with Gasteiger partial charge in [0.05, 0.1) is 31.0 Å². The molecule has 0 spiro atoms. The Bertz CT molecular complexity index is 1370. The van der Waals surface area contributed by atoms with E-state index in [2.05, 4.69) is 43.4 Å². The fraction of sp³-hybridized carbons (Fsp3) is 0.290. The number of ether oxygens (including phenoxy) is 3. The molecular weight excluding hydrogens is 464 g/mol. The highest BCUT2D eigenvalue weighted by molar-refractivity contribution is 6.05. The van der Waals surface area contributed by atoms with Crippen LogP contribution in [0.5, 0.6) is 17.2 Å². The summed E-state index contributed by atoms with van der Waals surface area (Å²) in [7, 11) is 0. The summed E-state index contributed by atoms with van der Waals surface area (Å²) in [4.78, 5) is 18.1. The van der Waals surface area contributed by atoms with Gasteiger partial charge in [-0.2, -0.15) is 0 Å². The van der Waals surface area contributed by atoms with Gasteiger partial charge in [-0.3, -0.25) is 4.79 Å². The Morgan fingerprint density at radius 3 is 2.19 bits per heavy atom. The number of pyridine rings is 1. The van der Waals surface area contributed by atoms with Gasteiger partial charge in [0.2, 0.25) is 5.75 Å². The lowest BCUT2D eigenvalue weighted by atomic mass is 10.0. The van der Waals surface area contributed by atoms with Crippen molar-refractivity contribution < 1.29 is 19.0 Å². The first-order valence-electron chi connectivity index (χ1n) is 12.8. The molecule has 1 aromatic heterocycles. The summed E-state index contributed by atoms with van der Waals surface area (Å²) in [5.74, 6) is 1.67. The first-order chi connectivity index (χ1) is 17.9. The van der Waals surface area contributed by atoms with Gasteiger partial charge in [-0.1, -0.05) is 38.1 Å². The van der Waals surface area contributed by atoms with E-state index in [4.69, 9.17) is 19.2 Å². The van der Waals surface area contributed by atoms with Crippen LogP contribution >= 0.6 is 0 Å². The van der Waals surface area contributed by atoms with Crippen LogP contribution in [0.3, 0.4) is 0 Å². The molecule has 192 valence electrons. The number of aromatic nitrogens is 1. The standard InChI is InChI=1S/C31H34N2O4/c1-6-35-28-18-24(19-29(36-7-2)30(28)37-8-3)31(34)32-25-11-9-10-22(17-25)26-15-13-23-16-21(20(4)5)12-14-27(23)33-26/h9-20H,6-8H2,1-5H3,(H,32,34). The topological polar surface area (TPSA) is 69.7 Å². The second-order valence-corrected chi connectivity index (χ2v) is 8.94. The van der Waals surface area contributed by atoms with E-state index in [0.29, 0.717) is 54.2 Å². The van der Waals surface area contributed by atoms with Crippen molar-refractivity contribution in [1.29, 1.82) is 0 Å². The zero-order valence-electron chi connectivity index (χ0n) is 22.1. The third-order valence-electron chi connectivity index (χ3n) is 5.97. The number of anilines is 1. The maximum atomic E-state index is 13.2. The quantitative estimate of drug-likeness (QED) is 0.246. The number of carbonyl (C=O) groups is 1. The number of fused-ring (bicyclic) bond motifs is 1. The number of rotatable bonds is 10. The minimum Gasteiger partial charge on any atom is -0.490 e. The highest BCUT2D eigenvalue weighted by atomic mass is 16.5. The summed E-state index contributed by atoms with van der Waals surface area (Å²) < 4.78 is 17.3. The molecule has 0 bridgehead atoms. The maximum absolute atomic E-state index is 13.2. The van der Waals surface area contributed by atoms with Gasteiger partial charge in [-0.15, -0.1) is 0 Å². The molecular formula is C31H34N2O4. The lowest BCUT2D eigenvalue weighted by molar-refractivity contribution is 0.102. The number of nitrogens with zero attached hydrogens (tertiary/aromatic N) is 1. The largest absolute Gasteiger partial charge is 0.490 e. The minimum absolute atomic E-state index is 0.269. The van der Waals surface area contributed by atoms with Crippen molar-refractivity contribution in [3.63, 3.8) is 0 Å². The number of carbonyl (C=O) groups excluding carboxylic acids is 1. The summed E-state index contributed by atoms with van der Waals surface area (Å²) in [6.07, 6.45) is 0. The molecule has 37 heavy (non-hydrogen) atoms. The lowest BCUT2D eigenvalue weighted by Crippen LogP contribution is -2.13. The van der Waals surface area contributed by atoms with Gasteiger partial charge < -0.3 is 19.5 Å². The molecule has 4 aromatic rings. The van der Waals surface area contributed by atoms with Gasteiger partial charge in [-0.05, 0) is 74.7 Å². The van der Waals surface area contributed by atoms with E-state index in [-0.39, 0.29) is 5.91 Å². The molecule has 0 atom stereocenters. The van der Waals surface area contributed by atoms with Crippen LogP contribution in [0.1, 0.15) is 56.5 Å². The number of hydrogen-bond acceptors (Lipinski definition) is 5. The molecule has 1 N–H and O–H groups in total. The molecule has 6 heteroatoms. The van der Waals surface area contributed by atoms with Gasteiger partial charge in [0.25, 0.3) is 5.91 Å². The van der Waals surface area contributed by atoms with Crippen molar-refractivity contribution in [2.75, 3.05) is 25.1 Å². The van der Waals surface area contributed by atoms with Crippen LogP contribution in [0, 0.1) is 0 Å². The SMILES string of the molecule is CCOc1cc(C(=O)Nc2cccc(-c3ccc4cc(C(C)C)ccc4n3)c2)cc(OCC)c1OCC. The second-order valence-electron chi connectivity index (χ2n) is 8.94. The maximum Gasteiger partial charge on any atom is 0.255 e. The zero-order valence-corrected chi connectivity index (χ0v) is 22.1. The normalized spacial score (nSPS) is 11.0. The lowest BCUT2D eigenvalue weighted by Gasteiger charge is -2.17. The highest BCUT2D eigenvalue weighted by Crippen LogP contribution is 2.39. The predicted molar refractivity (Wildman–Crippen MR) is 149 cm³/mol. The van der Waals surface area contributed by atoms with Crippen molar-refractivity contribution in [2.45, 2.75) is 40.5 Å². The van der Waals surface area contributed by atoms with Crippen LogP contribution in [0.2, 0.25) is 0 Å². The summed E-state index contributed by atoms with van der Waals surface area (Å²) in [5, 5.41) is 4.11. The average molecular weight is 499 g/mol. The monoisotopic (exact) mass is 498 g/mol. The first-order valence-corrected chi connectivity index (χ1v) is 12.8. The molecule has 0 fully saturated rings. The Morgan fingerprint density at radius 1 is 0.838 bits per heavy atom. The van der Waals surface area contributed by atoms with E-state index in [0.717, 1.165) is 22.2 Å². The van der Waals surface area contributed by atoms with Crippen LogP contribution in [0.15, 0.2) is 66.7 Å². The van der Waals surface area contributed by atoms with E-state index >= 15 is 0 Å². The molecule has 0 aliphatic rings. The van der Waals surface area contributed by atoms with Crippen LogP contribution in [-0.4, -0.2) is 30.7 Å². The Labute approximate surface area is 218 Å². The zero-order chi connectivity index (χ0) is 26.4. The molecule has 0 aliphatic heterocycles. The summed E-state index contributed by atoms with van der Waals surface area (Å²) in [6.45, 7) is 11.4. The Balaban J connectivity index is 1.61. The van der Waals surface area contributed by atoms with E-state index in [1.807, 2.05) is 51.1 Å². The Hall–Kier alpha value is -4.06. The second kappa shape index (κ2) is 11.8. The fourth-order valence-corrected chi connectivity index (χ4v) is 4.14. The molecule has 0 saturated heterocycles. The van der Waals surface area contributed by atoms with Crippen molar-refractivity contribution in [3.05, 3.63) is 77.9 Å². The number of hydrogen-bond donors (Lipinski definition) is 1. The van der Waals surface area contributed by atoms with E-state index in [9.17, 15) is 4.79 Å². The van der Waals surface area contributed by atoms with Gasteiger partial charge in [0.15, 0.2) is 11.5 Å². The fourth-order valence-electron chi connectivity index (χ4n) is 4.14. The minimum atomic E-state index is -0.269. The van der Waals surface area contributed by atoms with Crippen molar-refractivity contribution in [1.82, 2.24) is 4.98 Å². The Morgan fingerprint density at radius 2 is 1.54 bits per heavy atom. The molecule has 0 unspecified atom stereocenters. The van der Waals surface area contributed by atoms with E-state index in [1.165, 1.54) is 5.56 Å². The smallest absolute Gasteiger partial charge is 0.255 e. The van der Waals surface area contributed by atoms with E-state index < -0.39 is 0 Å². The van der Waals surface area contributed by atoms with Crippen molar-refractivity contribution in [2.24, 2.45) is 0 Å². The number of amides is 1. The van der Waals surface area contributed by atoms with Crippen LogP contribution < -0.4 is 19.5 Å². The Kier molecular flexibility index (Phi) is 8.29. The average Bonchev–Trinajstić information content (AvgIpc) is 2.90. The third-order valence-corrected chi connectivity index (χ3v) is 5.97. The van der Waals surface area contributed by atoms with Crippen LogP contribution in [0.25, 0.3) is 22.2 Å². The molecule has 0 aliphatic carbocycles. The summed E-state index contributed by atoms with van der Waals surface area (Å²) >= 11 is 0. The van der Waals surface area contributed by atoms with Gasteiger partial charge in [0, 0.05) is 22.2 Å². The first kappa shape index (κ1) is 26.0. The molecule has 1 amide bonds. The van der Waals surface area contributed by atoms with Gasteiger partial charge in [-0.25, -0.2) is 4.98 Å². The molecule has 0 radical (unpaired) electrons. The molecule has 0 saturated carbocycles. The summed E-state index contributed by atoms with van der Waals surface area (Å²) in [6, 6.07) is 21.6. The van der Waals surface area contributed by atoms with Crippen LogP contribution in [-0.2, 0) is 0 Å². The number of benzene rings is 3. The summed E-state index contributed by atoms with van der Waals surface area (Å²) in [5.41, 5.74) is 5.09. The highest BCUT2D eigenvalue weighted by Gasteiger charge is 2.19. The third kappa shape index (κ3) is 6.02. The van der Waals surface area contributed by atoms with Gasteiger partial charge in [0.1, 0.15) is 0 Å². The molecule has 3 aromatic carbocycles. The predicted octanol–water partition coefficient (Wildman–Crippen LogP) is 7.47. The van der Waals surface area contributed by atoms with Crippen molar-refractivity contribution >= 4 is 22.5 Å².